The number of hydrogen-bond donors (Lipinski definition) is 3. The maximum atomic E-state index is 12.7. The number of nitrogens with zero attached hydrogens (tertiary/aromatic N) is 2. The van der Waals surface area contributed by atoms with Gasteiger partial charge in [0.05, 0.1) is 17.5 Å². The molecule has 2 atom stereocenters. The Balaban J connectivity index is 1.38. The lowest BCUT2D eigenvalue weighted by Gasteiger charge is -2.27. The van der Waals surface area contributed by atoms with E-state index in [-0.39, 0.29) is 17.5 Å². The average Bonchev–Trinajstić information content (AvgIpc) is 2.88. The molecule has 2 heterocycles. The number of pyridine rings is 1. The summed E-state index contributed by atoms with van der Waals surface area (Å²) in [6.45, 7) is 0.996. The van der Waals surface area contributed by atoms with Gasteiger partial charge in [-0.3, -0.25) is 9.78 Å². The van der Waals surface area contributed by atoms with Gasteiger partial charge in [-0.15, -0.1) is 0 Å². The molecule has 1 aromatic heterocycles. The van der Waals surface area contributed by atoms with Gasteiger partial charge in [-0.05, 0) is 74.0 Å². The first-order valence-electron chi connectivity index (χ1n) is 12.1. The third kappa shape index (κ3) is 7.14. The molecule has 0 aliphatic carbocycles. The Morgan fingerprint density at radius 3 is 2.73 bits per heavy atom. The molecule has 1 aliphatic heterocycles. The van der Waals surface area contributed by atoms with Crippen molar-refractivity contribution in [1.29, 1.82) is 0 Å². The summed E-state index contributed by atoms with van der Waals surface area (Å²) in [6.07, 6.45) is 4.32. The number of amides is 1. The highest BCUT2D eigenvalue weighted by Gasteiger charge is 2.22. The van der Waals surface area contributed by atoms with Crippen molar-refractivity contribution in [2.75, 3.05) is 33.7 Å². The smallest absolute Gasteiger partial charge is 0.264 e. The highest BCUT2D eigenvalue weighted by molar-refractivity contribution is 7.90. The number of aromatic nitrogens is 1. The molecule has 0 unspecified atom stereocenters. The van der Waals surface area contributed by atoms with Gasteiger partial charge in [-0.2, -0.15) is 0 Å². The number of carbonyl (C=O) groups excluding carboxylic acids is 1. The van der Waals surface area contributed by atoms with Crippen LogP contribution < -0.4 is 14.8 Å². The van der Waals surface area contributed by atoms with Gasteiger partial charge in [0.1, 0.15) is 11.9 Å². The van der Waals surface area contributed by atoms with Crippen LogP contribution in [0.15, 0.2) is 71.9 Å². The molecule has 4 rings (SSSR count). The Hall–Kier alpha value is -3.31. The number of rotatable bonds is 10. The molecule has 0 radical (unpaired) electrons. The van der Waals surface area contributed by atoms with Crippen LogP contribution in [0, 0.1) is 0 Å². The molecular formula is C27H32N4O5S. The molecule has 0 fully saturated rings. The van der Waals surface area contributed by atoms with Gasteiger partial charge in [0.25, 0.3) is 10.0 Å². The Kier molecular flexibility index (Phi) is 8.55. The first-order valence-corrected chi connectivity index (χ1v) is 13.6. The minimum absolute atomic E-state index is 0.0151. The fourth-order valence-corrected chi connectivity index (χ4v) is 5.23. The highest BCUT2D eigenvalue weighted by Crippen LogP contribution is 2.32. The number of sulfonamides is 1. The predicted octanol–water partition coefficient (Wildman–Crippen LogP) is 2.13. The zero-order chi connectivity index (χ0) is 26.4. The molecule has 9 nitrogen and oxygen atoms in total. The topological polar surface area (TPSA) is 121 Å². The van der Waals surface area contributed by atoms with Crippen LogP contribution in [-0.4, -0.2) is 69.1 Å². The molecule has 0 spiro atoms. The van der Waals surface area contributed by atoms with E-state index in [9.17, 15) is 18.3 Å². The summed E-state index contributed by atoms with van der Waals surface area (Å²) < 4.78 is 33.7. The Morgan fingerprint density at radius 2 is 1.97 bits per heavy atom. The number of likely N-dealkylation sites (N-methyl/N-ethyl adjacent to an activating group) is 1. The van der Waals surface area contributed by atoms with Crippen LogP contribution >= 0.6 is 0 Å². The van der Waals surface area contributed by atoms with Crippen molar-refractivity contribution in [3.8, 4) is 16.9 Å². The highest BCUT2D eigenvalue weighted by atomic mass is 32.2. The molecule has 196 valence electrons. The van der Waals surface area contributed by atoms with Crippen molar-refractivity contribution >= 4 is 15.9 Å². The van der Waals surface area contributed by atoms with E-state index in [0.717, 1.165) is 40.8 Å². The van der Waals surface area contributed by atoms with Crippen LogP contribution in [-0.2, 0) is 21.2 Å². The molecule has 1 aliphatic rings. The Bertz CT molecular complexity index is 1330. The fraction of sp³-hybridized carbons (Fsp3) is 0.333. The first kappa shape index (κ1) is 26.7. The van der Waals surface area contributed by atoms with Crippen LogP contribution in [0.1, 0.15) is 23.7 Å². The van der Waals surface area contributed by atoms with Crippen molar-refractivity contribution in [2.24, 2.45) is 0 Å². The minimum atomic E-state index is -3.97. The van der Waals surface area contributed by atoms with Crippen LogP contribution in [0.4, 0.5) is 0 Å². The summed E-state index contributed by atoms with van der Waals surface area (Å²) in [4.78, 5) is 17.7. The average molecular weight is 525 g/mol. The number of fused-ring (bicyclic) bond motifs is 1. The summed E-state index contributed by atoms with van der Waals surface area (Å²) in [5.74, 6) is 0.214. The van der Waals surface area contributed by atoms with Crippen molar-refractivity contribution in [2.45, 2.75) is 29.9 Å². The standard InChI is InChI=1S/C27H32N4O5S/c1-31(2)18-27(33)30-37(34,35)24-7-3-5-19(14-24)20-9-11-26-21(13-20)8-10-23(36-26)16-29-17-25(32)22-6-4-12-28-15-22/h3-7,9,11-15,23,25,29,32H,8,10,16-18H2,1-2H3,(H,30,33)/t23-,25+/m1/s1. The van der Waals surface area contributed by atoms with E-state index in [0.29, 0.717) is 13.1 Å². The largest absolute Gasteiger partial charge is 0.489 e. The number of nitrogens with one attached hydrogen (secondary N) is 2. The van der Waals surface area contributed by atoms with Gasteiger partial charge in [0.15, 0.2) is 0 Å². The normalized spacial score (nSPS) is 16.1. The van der Waals surface area contributed by atoms with E-state index >= 15 is 0 Å². The molecule has 0 saturated heterocycles. The zero-order valence-electron chi connectivity index (χ0n) is 20.9. The van der Waals surface area contributed by atoms with E-state index in [1.807, 2.05) is 30.3 Å². The second-order valence-corrected chi connectivity index (χ2v) is 11.0. The zero-order valence-corrected chi connectivity index (χ0v) is 21.7. The molecule has 1 amide bonds. The van der Waals surface area contributed by atoms with Gasteiger partial charge in [-0.1, -0.05) is 24.3 Å². The summed E-state index contributed by atoms with van der Waals surface area (Å²) in [5.41, 5.74) is 3.43. The predicted molar refractivity (Wildman–Crippen MR) is 141 cm³/mol. The van der Waals surface area contributed by atoms with E-state index < -0.39 is 22.0 Å². The molecule has 10 heteroatoms. The monoisotopic (exact) mass is 524 g/mol. The van der Waals surface area contributed by atoms with Crippen LogP contribution in [0.3, 0.4) is 0 Å². The number of aliphatic hydroxyl groups is 1. The van der Waals surface area contributed by atoms with Gasteiger partial charge in [0, 0.05) is 31.0 Å². The summed E-state index contributed by atoms with van der Waals surface area (Å²) in [5, 5.41) is 13.6. The van der Waals surface area contributed by atoms with Crippen LogP contribution in [0.25, 0.3) is 11.1 Å². The summed E-state index contributed by atoms with van der Waals surface area (Å²) in [6, 6.07) is 16.0. The first-order chi connectivity index (χ1) is 17.7. The lowest BCUT2D eigenvalue weighted by molar-refractivity contribution is -0.119. The van der Waals surface area contributed by atoms with E-state index in [1.165, 1.54) is 6.07 Å². The fourth-order valence-electron chi connectivity index (χ4n) is 4.21. The SMILES string of the molecule is CN(C)CC(=O)NS(=O)(=O)c1cccc(-c2ccc3c(c2)CC[C@H](CNC[C@H](O)c2cccnc2)O3)c1. The van der Waals surface area contributed by atoms with Gasteiger partial charge in [0.2, 0.25) is 5.91 Å². The van der Waals surface area contributed by atoms with Crippen molar-refractivity contribution in [1.82, 2.24) is 19.9 Å². The van der Waals surface area contributed by atoms with Gasteiger partial charge < -0.3 is 20.1 Å². The van der Waals surface area contributed by atoms with E-state index in [4.69, 9.17) is 4.74 Å². The molecule has 37 heavy (non-hydrogen) atoms. The maximum absolute atomic E-state index is 12.7. The second kappa shape index (κ2) is 11.8. The van der Waals surface area contributed by atoms with Crippen LogP contribution in [0.5, 0.6) is 5.75 Å². The molecule has 3 N–H and O–H groups in total. The molecule has 0 bridgehead atoms. The maximum Gasteiger partial charge on any atom is 0.264 e. The van der Waals surface area contributed by atoms with Gasteiger partial charge >= 0.3 is 0 Å². The number of benzene rings is 2. The quantitative estimate of drug-likeness (QED) is 0.369. The lowest BCUT2D eigenvalue weighted by atomic mass is 9.97. The van der Waals surface area contributed by atoms with Crippen LogP contribution in [0.2, 0.25) is 0 Å². The summed E-state index contributed by atoms with van der Waals surface area (Å²) >= 11 is 0. The number of aryl methyl sites for hydroxylation is 1. The number of aliphatic hydroxyl groups excluding tert-OH is 1. The number of hydrogen-bond acceptors (Lipinski definition) is 8. The second-order valence-electron chi connectivity index (χ2n) is 9.36. The van der Waals surface area contributed by atoms with Crippen molar-refractivity contribution < 1.29 is 23.1 Å². The molecule has 0 saturated carbocycles. The Morgan fingerprint density at radius 1 is 1.16 bits per heavy atom. The number of carbonyl (C=O) groups is 1. The van der Waals surface area contributed by atoms with Gasteiger partial charge in [-0.25, -0.2) is 13.1 Å². The van der Waals surface area contributed by atoms with E-state index in [2.05, 4.69) is 15.0 Å². The van der Waals surface area contributed by atoms with Crippen molar-refractivity contribution in [3.05, 3.63) is 78.1 Å². The summed E-state index contributed by atoms with van der Waals surface area (Å²) in [7, 11) is -0.584. The third-order valence-corrected chi connectivity index (χ3v) is 7.43. The number of ether oxygens (including phenoxy) is 1. The van der Waals surface area contributed by atoms with E-state index in [1.54, 1.807) is 49.6 Å². The molecular weight excluding hydrogens is 492 g/mol. The third-order valence-electron chi connectivity index (χ3n) is 6.05. The Labute approximate surface area is 217 Å². The van der Waals surface area contributed by atoms with Crippen molar-refractivity contribution in [3.63, 3.8) is 0 Å². The lowest BCUT2D eigenvalue weighted by Crippen LogP contribution is -2.37. The molecule has 3 aromatic rings. The minimum Gasteiger partial charge on any atom is -0.489 e. The molecule has 2 aromatic carbocycles.